The number of aliphatic imine (C=N–C) groups is 1. The second-order valence-electron chi connectivity index (χ2n) is 6.73. The van der Waals surface area contributed by atoms with E-state index in [9.17, 15) is 5.11 Å². The minimum absolute atomic E-state index is 0. The highest BCUT2D eigenvalue weighted by Crippen LogP contribution is 2.30. The first-order chi connectivity index (χ1) is 13.1. The molecule has 0 spiro atoms. The fourth-order valence-electron chi connectivity index (χ4n) is 3.12. The Morgan fingerprint density at radius 3 is 2.36 bits per heavy atom. The Hall–Kier alpha value is -1.22. The lowest BCUT2D eigenvalue weighted by Gasteiger charge is -2.29. The van der Waals surface area contributed by atoms with Gasteiger partial charge < -0.3 is 25.2 Å². The zero-order valence-corrected chi connectivity index (χ0v) is 20.3. The number of aliphatic hydroxyl groups is 1. The van der Waals surface area contributed by atoms with Crippen LogP contribution in [0.25, 0.3) is 0 Å². The summed E-state index contributed by atoms with van der Waals surface area (Å²) < 4.78 is 10.8. The van der Waals surface area contributed by atoms with Gasteiger partial charge in [-0.1, -0.05) is 13.8 Å². The highest BCUT2D eigenvalue weighted by Gasteiger charge is 2.25. The molecule has 0 aliphatic heterocycles. The van der Waals surface area contributed by atoms with E-state index in [1.165, 1.54) is 0 Å². The molecular weight excluding hydrogens is 469 g/mol. The van der Waals surface area contributed by atoms with Gasteiger partial charge in [-0.3, -0.25) is 4.99 Å². The Balaban J connectivity index is 0.00000729. The van der Waals surface area contributed by atoms with Crippen LogP contribution < -0.4 is 20.1 Å². The van der Waals surface area contributed by atoms with Gasteiger partial charge in [0.25, 0.3) is 0 Å². The topological polar surface area (TPSA) is 75.1 Å². The number of guanidine groups is 1. The van der Waals surface area contributed by atoms with Crippen molar-refractivity contribution in [3.63, 3.8) is 0 Å². The van der Waals surface area contributed by atoms with Gasteiger partial charge in [0.2, 0.25) is 0 Å². The summed E-state index contributed by atoms with van der Waals surface area (Å²) in [5, 5.41) is 16.1. The van der Waals surface area contributed by atoms with Crippen LogP contribution in [0.5, 0.6) is 11.5 Å². The van der Waals surface area contributed by atoms with E-state index < -0.39 is 0 Å². The van der Waals surface area contributed by atoms with Gasteiger partial charge in [0.05, 0.1) is 14.2 Å². The minimum Gasteiger partial charge on any atom is -0.497 e. The Morgan fingerprint density at radius 2 is 1.82 bits per heavy atom. The molecule has 0 heterocycles. The number of hydrogen-bond acceptors (Lipinski definition) is 4. The first kappa shape index (κ1) is 26.8. The number of aliphatic hydroxyl groups excluding tert-OH is 1. The molecule has 0 saturated heterocycles. The number of nitrogens with one attached hydrogen (secondary N) is 2. The first-order valence-electron chi connectivity index (χ1n) is 9.92. The Kier molecular flexibility index (Phi) is 14.1. The molecule has 1 aromatic carbocycles. The van der Waals surface area contributed by atoms with E-state index in [-0.39, 0.29) is 36.0 Å². The maximum atomic E-state index is 9.39. The third kappa shape index (κ3) is 8.43. The summed E-state index contributed by atoms with van der Waals surface area (Å²) in [7, 11) is 3.35. The SMILES string of the molecule is CCNC(=NCC(CC)(CC)CCO)NCCc1cc(OC)ccc1OC.I. The molecule has 0 aliphatic carbocycles. The van der Waals surface area contributed by atoms with Gasteiger partial charge in [-0.15, -0.1) is 24.0 Å². The average molecular weight is 507 g/mol. The van der Waals surface area contributed by atoms with Crippen molar-refractivity contribution >= 4 is 29.9 Å². The van der Waals surface area contributed by atoms with Crippen LogP contribution in [0.1, 0.15) is 45.6 Å². The van der Waals surface area contributed by atoms with E-state index in [2.05, 4.69) is 31.4 Å². The van der Waals surface area contributed by atoms with E-state index in [4.69, 9.17) is 14.5 Å². The number of rotatable bonds is 12. The highest BCUT2D eigenvalue weighted by atomic mass is 127. The molecule has 0 fully saturated rings. The number of benzene rings is 1. The molecule has 0 unspecified atom stereocenters. The van der Waals surface area contributed by atoms with Gasteiger partial charge in [0.15, 0.2) is 5.96 Å². The number of methoxy groups -OCH3 is 2. The Labute approximate surface area is 187 Å². The van der Waals surface area contributed by atoms with Crippen molar-refractivity contribution in [2.75, 3.05) is 40.5 Å². The van der Waals surface area contributed by atoms with Gasteiger partial charge >= 0.3 is 0 Å². The smallest absolute Gasteiger partial charge is 0.191 e. The first-order valence-corrected chi connectivity index (χ1v) is 9.92. The molecule has 0 amide bonds. The third-order valence-electron chi connectivity index (χ3n) is 5.23. The fourth-order valence-corrected chi connectivity index (χ4v) is 3.12. The van der Waals surface area contributed by atoms with Crippen LogP contribution in [-0.2, 0) is 6.42 Å². The van der Waals surface area contributed by atoms with Crippen molar-refractivity contribution < 1.29 is 14.6 Å². The van der Waals surface area contributed by atoms with Crippen molar-refractivity contribution in [1.82, 2.24) is 10.6 Å². The van der Waals surface area contributed by atoms with E-state index in [0.717, 1.165) is 61.8 Å². The van der Waals surface area contributed by atoms with Crippen molar-refractivity contribution in [1.29, 1.82) is 0 Å². The predicted molar refractivity (Wildman–Crippen MR) is 127 cm³/mol. The zero-order valence-electron chi connectivity index (χ0n) is 18.0. The Morgan fingerprint density at radius 1 is 1.11 bits per heavy atom. The summed E-state index contributed by atoms with van der Waals surface area (Å²) in [6, 6.07) is 5.84. The summed E-state index contributed by atoms with van der Waals surface area (Å²) >= 11 is 0. The number of halogens is 1. The van der Waals surface area contributed by atoms with Crippen LogP contribution >= 0.6 is 24.0 Å². The third-order valence-corrected chi connectivity index (χ3v) is 5.23. The van der Waals surface area contributed by atoms with Crippen LogP contribution in [0.4, 0.5) is 0 Å². The van der Waals surface area contributed by atoms with Crippen LogP contribution in [0.3, 0.4) is 0 Å². The van der Waals surface area contributed by atoms with Crippen LogP contribution in [0.2, 0.25) is 0 Å². The second-order valence-corrected chi connectivity index (χ2v) is 6.73. The summed E-state index contributed by atoms with van der Waals surface area (Å²) in [5.41, 5.74) is 1.16. The van der Waals surface area contributed by atoms with Crippen LogP contribution in [0.15, 0.2) is 23.2 Å². The van der Waals surface area contributed by atoms with Crippen LogP contribution in [-0.4, -0.2) is 51.5 Å². The predicted octanol–water partition coefficient (Wildman–Crippen LogP) is 3.61. The summed E-state index contributed by atoms with van der Waals surface area (Å²) in [4.78, 5) is 4.78. The largest absolute Gasteiger partial charge is 0.497 e. The normalized spacial score (nSPS) is 11.6. The summed E-state index contributed by atoms with van der Waals surface area (Å²) in [6.07, 6.45) is 3.60. The molecule has 0 saturated carbocycles. The fraction of sp³-hybridized carbons (Fsp3) is 0.667. The number of nitrogens with zero attached hydrogens (tertiary/aromatic N) is 1. The lowest BCUT2D eigenvalue weighted by molar-refractivity contribution is 0.175. The van der Waals surface area contributed by atoms with E-state index in [1.54, 1.807) is 14.2 Å². The molecule has 7 heteroatoms. The van der Waals surface area contributed by atoms with Gasteiger partial charge in [-0.05, 0) is 61.8 Å². The second kappa shape index (κ2) is 14.7. The molecule has 0 radical (unpaired) electrons. The highest BCUT2D eigenvalue weighted by molar-refractivity contribution is 14.0. The molecule has 0 bridgehead atoms. The van der Waals surface area contributed by atoms with Gasteiger partial charge in [0, 0.05) is 26.2 Å². The maximum absolute atomic E-state index is 9.39. The number of hydrogen-bond donors (Lipinski definition) is 3. The lowest BCUT2D eigenvalue weighted by Crippen LogP contribution is -2.39. The molecule has 0 aromatic heterocycles. The lowest BCUT2D eigenvalue weighted by atomic mass is 9.79. The average Bonchev–Trinajstić information content (AvgIpc) is 2.70. The van der Waals surface area contributed by atoms with Crippen molar-refractivity contribution in [3.05, 3.63) is 23.8 Å². The van der Waals surface area contributed by atoms with Crippen molar-refractivity contribution in [2.24, 2.45) is 10.4 Å². The van der Waals surface area contributed by atoms with Crippen molar-refractivity contribution in [2.45, 2.75) is 46.5 Å². The molecule has 3 N–H and O–H groups in total. The van der Waals surface area contributed by atoms with Gasteiger partial charge in [-0.25, -0.2) is 0 Å². The maximum Gasteiger partial charge on any atom is 0.191 e. The minimum atomic E-state index is 0. The monoisotopic (exact) mass is 507 g/mol. The van der Waals surface area contributed by atoms with Gasteiger partial charge in [-0.2, -0.15) is 0 Å². The van der Waals surface area contributed by atoms with Gasteiger partial charge in [0.1, 0.15) is 11.5 Å². The van der Waals surface area contributed by atoms with E-state index >= 15 is 0 Å². The summed E-state index contributed by atoms with van der Waals surface area (Å²) in [6.45, 7) is 8.85. The summed E-state index contributed by atoms with van der Waals surface area (Å²) in [5.74, 6) is 2.49. The molecule has 162 valence electrons. The van der Waals surface area contributed by atoms with E-state index in [1.807, 2.05) is 18.2 Å². The molecule has 1 aromatic rings. The standard InChI is InChI=1S/C21H37N3O3.HI/c1-6-21(7-2,12-14-25)16-24-20(22-8-3)23-13-11-17-15-18(26-4)9-10-19(17)27-5;/h9-10,15,25H,6-8,11-14,16H2,1-5H3,(H2,22,23,24);1H. The molecule has 1 rings (SSSR count). The molecule has 0 atom stereocenters. The quantitative estimate of drug-likeness (QED) is 0.229. The van der Waals surface area contributed by atoms with E-state index in [0.29, 0.717) is 6.54 Å². The molecule has 0 aliphatic rings. The molecule has 28 heavy (non-hydrogen) atoms. The van der Waals surface area contributed by atoms with Crippen molar-refractivity contribution in [3.8, 4) is 11.5 Å². The zero-order chi connectivity index (χ0) is 20.1. The number of ether oxygens (including phenoxy) is 2. The van der Waals surface area contributed by atoms with Crippen LogP contribution in [0, 0.1) is 5.41 Å². The Bertz CT molecular complexity index is 578. The molecular formula is C21H38IN3O3. The molecule has 6 nitrogen and oxygen atoms in total.